The van der Waals surface area contributed by atoms with Crippen LogP contribution >= 0.6 is 0 Å². The second-order valence-electron chi connectivity index (χ2n) is 17.8. The molecule has 0 aliphatic heterocycles. The average Bonchev–Trinajstić information content (AvgIpc) is 3.25. The molecule has 0 saturated heterocycles. The molecule has 0 fully saturated rings. The van der Waals surface area contributed by atoms with E-state index in [9.17, 15) is 0 Å². The summed E-state index contributed by atoms with van der Waals surface area (Å²) in [5.74, 6) is 0. The molecule has 3 aromatic heterocycles. The molecule has 9 aromatic rings. The molecule has 58 heavy (non-hydrogen) atoms. The van der Waals surface area contributed by atoms with Crippen molar-refractivity contribution >= 4 is 32.4 Å². The van der Waals surface area contributed by atoms with Crippen LogP contribution in [0.15, 0.2) is 164 Å². The van der Waals surface area contributed by atoms with Crippen LogP contribution in [0, 0.1) is 0 Å². The highest BCUT2D eigenvalue weighted by atomic mass is 14.7. The Morgan fingerprint density at radius 3 is 1.28 bits per heavy atom. The van der Waals surface area contributed by atoms with E-state index >= 15 is 0 Å². The van der Waals surface area contributed by atoms with E-state index < -0.39 is 0 Å². The number of benzene rings is 6. The third-order valence-corrected chi connectivity index (χ3v) is 11.6. The van der Waals surface area contributed by atoms with Crippen molar-refractivity contribution in [2.75, 3.05) is 0 Å². The van der Waals surface area contributed by atoms with Crippen molar-refractivity contribution in [3.8, 4) is 44.5 Å². The van der Waals surface area contributed by atoms with Crippen molar-refractivity contribution in [2.45, 2.75) is 65.2 Å². The molecule has 0 atom stereocenters. The molecular weight excluding hydrogens is 703 g/mol. The Bertz CT molecular complexity index is 2820. The van der Waals surface area contributed by atoms with E-state index in [0.29, 0.717) is 0 Å². The van der Waals surface area contributed by atoms with Gasteiger partial charge >= 0.3 is 0 Å². The molecule has 9 rings (SSSR count). The Labute approximate surface area is 342 Å². The Hall–Kier alpha value is -6.45. The number of hydrogen-bond acceptors (Lipinski definition) is 3. The number of aromatic nitrogens is 3. The summed E-state index contributed by atoms with van der Waals surface area (Å²) >= 11 is 0. The third-order valence-electron chi connectivity index (χ3n) is 11.6. The lowest BCUT2D eigenvalue weighted by molar-refractivity contribution is 0.587. The van der Waals surface area contributed by atoms with Gasteiger partial charge in [-0.15, -0.1) is 0 Å². The van der Waals surface area contributed by atoms with Gasteiger partial charge in [-0.25, -0.2) is 0 Å². The molecule has 284 valence electrons. The first kappa shape index (κ1) is 37.1. The Morgan fingerprint density at radius 1 is 0.362 bits per heavy atom. The van der Waals surface area contributed by atoms with E-state index in [1.165, 1.54) is 82.6 Å². The molecule has 0 aliphatic rings. The number of rotatable bonds is 7. The molecule has 0 aliphatic carbocycles. The summed E-state index contributed by atoms with van der Waals surface area (Å²) in [7, 11) is 0. The molecule has 0 unspecified atom stereocenters. The Kier molecular flexibility index (Phi) is 9.48. The molecule has 3 heterocycles. The van der Waals surface area contributed by atoms with Crippen molar-refractivity contribution < 1.29 is 0 Å². The monoisotopic (exact) mass is 751 g/mol. The van der Waals surface area contributed by atoms with Crippen LogP contribution < -0.4 is 0 Å². The van der Waals surface area contributed by atoms with Crippen LogP contribution in [0.1, 0.15) is 63.8 Å². The highest BCUT2D eigenvalue weighted by Gasteiger charge is 2.19. The lowest BCUT2D eigenvalue weighted by atomic mass is 9.85. The van der Waals surface area contributed by atoms with Gasteiger partial charge in [-0.05, 0) is 120 Å². The van der Waals surface area contributed by atoms with Crippen molar-refractivity contribution in [1.29, 1.82) is 0 Å². The van der Waals surface area contributed by atoms with E-state index in [1.54, 1.807) is 0 Å². The zero-order valence-electron chi connectivity index (χ0n) is 34.3. The first-order valence-corrected chi connectivity index (χ1v) is 20.4. The van der Waals surface area contributed by atoms with Gasteiger partial charge in [0.1, 0.15) is 0 Å². The van der Waals surface area contributed by atoms with Gasteiger partial charge in [0.15, 0.2) is 0 Å². The van der Waals surface area contributed by atoms with E-state index in [2.05, 4.69) is 181 Å². The van der Waals surface area contributed by atoms with Crippen LogP contribution in [0.4, 0.5) is 0 Å². The van der Waals surface area contributed by atoms with Crippen molar-refractivity contribution in [3.63, 3.8) is 0 Å². The normalized spacial score (nSPS) is 12.1. The molecule has 0 amide bonds. The fraction of sp³-hybridized carbons (Fsp3) is 0.182. The maximum absolute atomic E-state index is 5.13. The van der Waals surface area contributed by atoms with Crippen LogP contribution in [0.25, 0.3) is 77.0 Å². The fourth-order valence-electron chi connectivity index (χ4n) is 8.35. The van der Waals surface area contributed by atoms with Gasteiger partial charge < -0.3 is 0 Å². The summed E-state index contributed by atoms with van der Waals surface area (Å²) in [6.45, 7) is 13.5. The highest BCUT2D eigenvalue weighted by Crippen LogP contribution is 2.40. The highest BCUT2D eigenvalue weighted by molar-refractivity contribution is 6.24. The molecule has 0 bridgehead atoms. The second kappa shape index (κ2) is 14.8. The predicted octanol–water partition coefficient (Wildman–Crippen LogP) is 14.4. The number of fused-ring (bicyclic) bond motifs is 6. The lowest BCUT2D eigenvalue weighted by Gasteiger charge is -2.21. The minimum absolute atomic E-state index is 0.00902. The van der Waals surface area contributed by atoms with Crippen LogP contribution in [0.5, 0.6) is 0 Å². The van der Waals surface area contributed by atoms with Gasteiger partial charge in [-0.2, -0.15) is 0 Å². The summed E-state index contributed by atoms with van der Waals surface area (Å²) in [6.07, 6.45) is 11.8. The minimum Gasteiger partial charge on any atom is -0.264 e. The summed E-state index contributed by atoms with van der Waals surface area (Å²) in [5, 5.41) is 6.17. The van der Waals surface area contributed by atoms with E-state index in [4.69, 9.17) is 15.0 Å². The zero-order valence-corrected chi connectivity index (χ0v) is 34.3. The van der Waals surface area contributed by atoms with Crippen molar-refractivity contribution in [3.05, 3.63) is 187 Å². The van der Waals surface area contributed by atoms with Crippen molar-refractivity contribution in [2.24, 2.45) is 0 Å². The molecule has 0 saturated carbocycles. The quantitative estimate of drug-likeness (QED) is 0.152. The first-order valence-electron chi connectivity index (χ1n) is 20.4. The summed E-state index contributed by atoms with van der Waals surface area (Å²) in [6, 6.07) is 49.1. The molecule has 3 heteroatoms. The van der Waals surface area contributed by atoms with Crippen LogP contribution in [-0.4, -0.2) is 15.0 Å². The summed E-state index contributed by atoms with van der Waals surface area (Å²) < 4.78 is 0. The lowest BCUT2D eigenvalue weighted by Crippen LogP contribution is -2.11. The van der Waals surface area contributed by atoms with E-state index in [0.717, 1.165) is 29.5 Å². The largest absolute Gasteiger partial charge is 0.264 e. The standard InChI is InChI=1S/C55H49N3/c1-54(2,3)42-29-40(32-56-34-42)46-17-9-7-15-44(46)38-25-36(26-39(28-38)45-16-8-10-18-47(45)41-30-43(35-57-33-41)55(4,5)6)23-24-37-27-52-50-21-12-11-19-48(50)49-20-13-14-22-51(49)53(52)58-31-37/h7-22,25-35H,23-24H2,1-6H3. The molecule has 6 aromatic carbocycles. The fourth-order valence-corrected chi connectivity index (χ4v) is 8.35. The third kappa shape index (κ3) is 7.18. The van der Waals surface area contributed by atoms with Gasteiger partial charge in [0.05, 0.1) is 5.52 Å². The van der Waals surface area contributed by atoms with Gasteiger partial charge in [-0.1, -0.05) is 151 Å². The topological polar surface area (TPSA) is 38.7 Å². The number of aryl methyl sites for hydroxylation is 2. The van der Waals surface area contributed by atoms with Crippen LogP contribution in [0.2, 0.25) is 0 Å². The first-order chi connectivity index (χ1) is 28.0. The van der Waals surface area contributed by atoms with Gasteiger partial charge in [0.2, 0.25) is 0 Å². The average molecular weight is 752 g/mol. The van der Waals surface area contributed by atoms with Gasteiger partial charge in [-0.3, -0.25) is 15.0 Å². The number of nitrogens with zero attached hydrogens (tertiary/aromatic N) is 3. The van der Waals surface area contributed by atoms with E-state index in [1.807, 2.05) is 24.8 Å². The summed E-state index contributed by atoms with van der Waals surface area (Å²) in [4.78, 5) is 14.6. The van der Waals surface area contributed by atoms with E-state index in [-0.39, 0.29) is 10.8 Å². The van der Waals surface area contributed by atoms with Crippen LogP contribution in [-0.2, 0) is 23.7 Å². The van der Waals surface area contributed by atoms with Gasteiger partial charge in [0, 0.05) is 52.9 Å². The zero-order chi connectivity index (χ0) is 40.0. The van der Waals surface area contributed by atoms with Gasteiger partial charge in [0.25, 0.3) is 0 Å². The summed E-state index contributed by atoms with van der Waals surface area (Å²) in [5.41, 5.74) is 15.4. The van der Waals surface area contributed by atoms with Crippen molar-refractivity contribution in [1.82, 2.24) is 15.0 Å². The number of pyridine rings is 3. The smallest absolute Gasteiger partial charge is 0.0786 e. The minimum atomic E-state index is -0.00902. The maximum atomic E-state index is 5.13. The predicted molar refractivity (Wildman–Crippen MR) is 245 cm³/mol. The Balaban J connectivity index is 1.18. The number of hydrogen-bond donors (Lipinski definition) is 0. The molecular formula is C55H49N3. The molecule has 0 radical (unpaired) electrons. The molecule has 0 spiro atoms. The molecule has 0 N–H and O–H groups in total. The molecule has 3 nitrogen and oxygen atoms in total. The van der Waals surface area contributed by atoms with Crippen LogP contribution in [0.3, 0.4) is 0 Å². The second-order valence-corrected chi connectivity index (χ2v) is 17.8. The Morgan fingerprint density at radius 2 is 0.776 bits per heavy atom. The maximum Gasteiger partial charge on any atom is 0.0786 e. The SMILES string of the molecule is CC(C)(C)c1cncc(-c2ccccc2-c2cc(CCc3cnc4c5ccccc5c5ccccc5c4c3)cc(-c3ccccc3-c3cncc(C(C)(C)C)c3)c2)c1.